The maximum absolute atomic E-state index is 12.3. The van der Waals surface area contributed by atoms with Crippen LogP contribution in [0.2, 0.25) is 0 Å². The molecule has 0 bridgehead atoms. The lowest BCUT2D eigenvalue weighted by Crippen LogP contribution is -2.24. The number of rotatable bonds is 3. The number of fused-ring (bicyclic) bond motifs is 1. The van der Waals surface area contributed by atoms with Gasteiger partial charge in [0.2, 0.25) is 29.0 Å². The summed E-state index contributed by atoms with van der Waals surface area (Å²) < 4.78 is 9.90. The Morgan fingerprint density at radius 2 is 1.55 bits per heavy atom. The van der Waals surface area contributed by atoms with Crippen LogP contribution in [0.4, 0.5) is 5.69 Å². The van der Waals surface area contributed by atoms with Crippen molar-refractivity contribution in [2.45, 2.75) is 6.92 Å². The van der Waals surface area contributed by atoms with Crippen LogP contribution in [0.3, 0.4) is 0 Å². The standard InChI is InChI=1S/C14H13NO5/c1-7(16)15-8-4-5-9-10(6-8)12(18)14(20-3)13(19-2)11(9)17/h4-6H,1-3H3,(H,15,16). The number of amides is 1. The number of allylic oxidation sites excluding steroid dienone is 2. The summed E-state index contributed by atoms with van der Waals surface area (Å²) in [6.45, 7) is 1.36. The molecule has 0 aliphatic heterocycles. The average molecular weight is 275 g/mol. The Bertz CT molecular complexity index is 645. The van der Waals surface area contributed by atoms with Gasteiger partial charge in [-0.25, -0.2) is 0 Å². The quantitative estimate of drug-likeness (QED) is 0.904. The Labute approximate surface area is 115 Å². The first-order valence-corrected chi connectivity index (χ1v) is 5.83. The molecule has 6 nitrogen and oxygen atoms in total. The molecule has 0 fully saturated rings. The Morgan fingerprint density at radius 3 is 2.05 bits per heavy atom. The lowest BCUT2D eigenvalue weighted by Gasteiger charge is -2.19. The summed E-state index contributed by atoms with van der Waals surface area (Å²) in [5.41, 5.74) is 0.842. The first-order chi connectivity index (χ1) is 9.49. The molecule has 20 heavy (non-hydrogen) atoms. The van der Waals surface area contributed by atoms with Crippen molar-refractivity contribution in [3.8, 4) is 0 Å². The van der Waals surface area contributed by atoms with Crippen LogP contribution in [0.1, 0.15) is 27.6 Å². The first kappa shape index (κ1) is 13.8. The van der Waals surface area contributed by atoms with Gasteiger partial charge in [-0.2, -0.15) is 0 Å². The van der Waals surface area contributed by atoms with E-state index in [1.165, 1.54) is 33.3 Å². The summed E-state index contributed by atoms with van der Waals surface area (Å²) in [6.07, 6.45) is 0. The van der Waals surface area contributed by atoms with Gasteiger partial charge in [-0.1, -0.05) is 0 Å². The number of benzene rings is 1. The highest BCUT2D eigenvalue weighted by Gasteiger charge is 2.34. The number of ketones is 2. The number of hydrogen-bond acceptors (Lipinski definition) is 5. The minimum atomic E-state index is -0.453. The fraction of sp³-hybridized carbons (Fsp3) is 0.214. The molecule has 0 heterocycles. The molecule has 0 atom stereocenters. The molecule has 0 spiro atoms. The van der Waals surface area contributed by atoms with E-state index in [1.54, 1.807) is 6.07 Å². The predicted octanol–water partition coefficient (Wildman–Crippen LogP) is 1.53. The van der Waals surface area contributed by atoms with Gasteiger partial charge in [0.15, 0.2) is 0 Å². The molecule has 1 aromatic rings. The fourth-order valence-electron chi connectivity index (χ4n) is 2.03. The maximum atomic E-state index is 12.3. The van der Waals surface area contributed by atoms with Gasteiger partial charge in [0.1, 0.15) is 0 Å². The van der Waals surface area contributed by atoms with Crippen molar-refractivity contribution in [3.63, 3.8) is 0 Å². The molecule has 2 rings (SSSR count). The molecule has 0 unspecified atom stereocenters. The number of carbonyl (C=O) groups excluding carboxylic acids is 3. The molecule has 1 aliphatic rings. The smallest absolute Gasteiger partial charge is 0.232 e. The van der Waals surface area contributed by atoms with Crippen LogP contribution in [-0.2, 0) is 14.3 Å². The number of anilines is 1. The number of carbonyl (C=O) groups is 3. The van der Waals surface area contributed by atoms with E-state index in [-0.39, 0.29) is 28.6 Å². The summed E-state index contributed by atoms with van der Waals surface area (Å²) in [6, 6.07) is 4.48. The minimum absolute atomic E-state index is 0.114. The molecule has 0 saturated carbocycles. The topological polar surface area (TPSA) is 81.7 Å². The van der Waals surface area contributed by atoms with E-state index in [9.17, 15) is 14.4 Å². The van der Waals surface area contributed by atoms with Crippen molar-refractivity contribution in [2.24, 2.45) is 0 Å². The number of methoxy groups -OCH3 is 2. The van der Waals surface area contributed by atoms with E-state index in [0.29, 0.717) is 5.69 Å². The Balaban J connectivity index is 2.55. The molecular weight excluding hydrogens is 262 g/mol. The zero-order valence-corrected chi connectivity index (χ0v) is 11.3. The monoisotopic (exact) mass is 275 g/mol. The molecule has 1 aliphatic carbocycles. The van der Waals surface area contributed by atoms with Crippen LogP contribution < -0.4 is 5.32 Å². The third-order valence-corrected chi connectivity index (χ3v) is 2.86. The molecule has 0 saturated heterocycles. The highest BCUT2D eigenvalue weighted by atomic mass is 16.5. The lowest BCUT2D eigenvalue weighted by molar-refractivity contribution is -0.114. The Hall–Kier alpha value is -2.63. The van der Waals surface area contributed by atoms with E-state index >= 15 is 0 Å². The fourth-order valence-corrected chi connectivity index (χ4v) is 2.03. The third kappa shape index (κ3) is 2.16. The van der Waals surface area contributed by atoms with Crippen LogP contribution in [0.5, 0.6) is 0 Å². The largest absolute Gasteiger partial charge is 0.489 e. The summed E-state index contributed by atoms with van der Waals surface area (Å²) in [7, 11) is 2.60. The van der Waals surface area contributed by atoms with Gasteiger partial charge in [0.25, 0.3) is 0 Å². The zero-order chi connectivity index (χ0) is 14.9. The Morgan fingerprint density at radius 1 is 1.00 bits per heavy atom. The summed E-state index contributed by atoms with van der Waals surface area (Å²) >= 11 is 0. The van der Waals surface area contributed by atoms with Gasteiger partial charge in [-0.15, -0.1) is 0 Å². The number of ether oxygens (including phenoxy) is 2. The van der Waals surface area contributed by atoms with E-state index in [4.69, 9.17) is 9.47 Å². The van der Waals surface area contributed by atoms with Gasteiger partial charge in [0, 0.05) is 23.7 Å². The first-order valence-electron chi connectivity index (χ1n) is 5.83. The second kappa shape index (κ2) is 5.16. The van der Waals surface area contributed by atoms with Crippen LogP contribution in [0, 0.1) is 0 Å². The van der Waals surface area contributed by atoms with Crippen LogP contribution in [0.25, 0.3) is 0 Å². The SMILES string of the molecule is COC1=C(OC)C(=O)c2cc(NC(C)=O)ccc2C1=O. The zero-order valence-electron chi connectivity index (χ0n) is 11.3. The van der Waals surface area contributed by atoms with Gasteiger partial charge >= 0.3 is 0 Å². The normalized spacial score (nSPS) is 13.9. The Kier molecular flexibility index (Phi) is 3.56. The van der Waals surface area contributed by atoms with E-state index in [2.05, 4.69) is 5.32 Å². The molecule has 104 valence electrons. The van der Waals surface area contributed by atoms with Crippen molar-refractivity contribution in [1.82, 2.24) is 0 Å². The molecule has 1 amide bonds. The number of Topliss-reactive ketones (excluding diaryl/α,β-unsaturated/α-hetero) is 2. The summed E-state index contributed by atoms with van der Waals surface area (Å²) in [4.78, 5) is 35.5. The van der Waals surface area contributed by atoms with Gasteiger partial charge in [-0.3, -0.25) is 14.4 Å². The van der Waals surface area contributed by atoms with E-state index in [1.807, 2.05) is 0 Å². The number of nitrogens with one attached hydrogen (secondary N) is 1. The molecule has 6 heteroatoms. The second-order valence-electron chi connectivity index (χ2n) is 4.17. The molecular formula is C14H13NO5. The molecule has 0 radical (unpaired) electrons. The van der Waals surface area contributed by atoms with Crippen molar-refractivity contribution < 1.29 is 23.9 Å². The highest BCUT2D eigenvalue weighted by Crippen LogP contribution is 2.29. The third-order valence-electron chi connectivity index (χ3n) is 2.86. The summed E-state index contributed by atoms with van der Waals surface area (Å²) in [5, 5.41) is 2.56. The number of hydrogen-bond donors (Lipinski definition) is 1. The summed E-state index contributed by atoms with van der Waals surface area (Å²) in [5.74, 6) is -1.39. The van der Waals surface area contributed by atoms with Crippen LogP contribution in [-0.4, -0.2) is 31.7 Å². The van der Waals surface area contributed by atoms with Gasteiger partial charge in [0.05, 0.1) is 14.2 Å². The van der Waals surface area contributed by atoms with Crippen LogP contribution in [0.15, 0.2) is 29.7 Å². The van der Waals surface area contributed by atoms with Crippen molar-refractivity contribution in [2.75, 3.05) is 19.5 Å². The van der Waals surface area contributed by atoms with Crippen molar-refractivity contribution in [1.29, 1.82) is 0 Å². The molecule has 1 N–H and O–H groups in total. The van der Waals surface area contributed by atoms with E-state index in [0.717, 1.165) is 0 Å². The molecule has 0 aromatic heterocycles. The minimum Gasteiger partial charge on any atom is -0.489 e. The van der Waals surface area contributed by atoms with Crippen molar-refractivity contribution >= 4 is 23.2 Å². The average Bonchev–Trinajstić information content (AvgIpc) is 2.41. The van der Waals surface area contributed by atoms with Crippen LogP contribution >= 0.6 is 0 Å². The maximum Gasteiger partial charge on any atom is 0.232 e. The lowest BCUT2D eigenvalue weighted by atomic mass is 9.91. The highest BCUT2D eigenvalue weighted by molar-refractivity contribution is 6.25. The van der Waals surface area contributed by atoms with Gasteiger partial charge < -0.3 is 14.8 Å². The predicted molar refractivity (Wildman–Crippen MR) is 70.5 cm³/mol. The van der Waals surface area contributed by atoms with Crippen molar-refractivity contribution in [3.05, 3.63) is 40.8 Å². The van der Waals surface area contributed by atoms with Gasteiger partial charge in [-0.05, 0) is 18.2 Å². The van der Waals surface area contributed by atoms with E-state index < -0.39 is 11.6 Å². The molecule has 1 aromatic carbocycles. The second-order valence-corrected chi connectivity index (χ2v) is 4.17.